The lowest BCUT2D eigenvalue weighted by Gasteiger charge is -2.07. The smallest absolute Gasteiger partial charge is 0.264 e. The predicted octanol–water partition coefficient (Wildman–Crippen LogP) is 5.31. The molecule has 0 spiro atoms. The molecule has 0 saturated heterocycles. The molecule has 146 valence electrons. The van der Waals surface area contributed by atoms with Crippen molar-refractivity contribution in [3.63, 3.8) is 0 Å². The molecule has 1 heterocycles. The Morgan fingerprint density at radius 2 is 1.83 bits per heavy atom. The summed E-state index contributed by atoms with van der Waals surface area (Å²) in [5.41, 5.74) is 2.24. The molecule has 0 aliphatic rings. The standard InChI is InChI=1S/C22H19N3O2S2/c1-15-7-2-5-12-19(15)27-13-20(26)23-21-24-25-22(29-21)28-14-17-10-6-9-16-8-3-4-11-18(16)17/h2-12H,13-14H2,1H3,(H,23,24,26). The lowest BCUT2D eigenvalue weighted by molar-refractivity contribution is -0.118. The number of nitrogens with zero attached hydrogens (tertiary/aromatic N) is 2. The van der Waals surface area contributed by atoms with E-state index in [2.05, 4.69) is 45.8 Å². The van der Waals surface area contributed by atoms with Crippen molar-refractivity contribution >= 4 is 44.9 Å². The zero-order valence-electron chi connectivity index (χ0n) is 15.8. The van der Waals surface area contributed by atoms with Crippen LogP contribution in [0.25, 0.3) is 10.8 Å². The van der Waals surface area contributed by atoms with Crippen molar-refractivity contribution in [1.82, 2.24) is 10.2 Å². The van der Waals surface area contributed by atoms with Gasteiger partial charge < -0.3 is 4.74 Å². The van der Waals surface area contributed by atoms with Crippen molar-refractivity contribution in [2.24, 2.45) is 0 Å². The minimum atomic E-state index is -0.255. The summed E-state index contributed by atoms with van der Waals surface area (Å²) < 4.78 is 6.38. The van der Waals surface area contributed by atoms with Crippen LogP contribution in [0, 0.1) is 6.92 Å². The van der Waals surface area contributed by atoms with E-state index in [4.69, 9.17) is 4.74 Å². The number of ether oxygens (including phenoxy) is 1. The van der Waals surface area contributed by atoms with Crippen molar-refractivity contribution in [2.45, 2.75) is 17.0 Å². The van der Waals surface area contributed by atoms with Gasteiger partial charge in [0, 0.05) is 5.75 Å². The van der Waals surface area contributed by atoms with Crippen LogP contribution >= 0.6 is 23.1 Å². The second-order valence-electron chi connectivity index (χ2n) is 6.40. The first kappa shape index (κ1) is 19.4. The van der Waals surface area contributed by atoms with E-state index in [-0.39, 0.29) is 12.5 Å². The average Bonchev–Trinajstić information content (AvgIpc) is 3.19. The van der Waals surface area contributed by atoms with Gasteiger partial charge in [-0.05, 0) is 34.9 Å². The summed E-state index contributed by atoms with van der Waals surface area (Å²) >= 11 is 2.97. The molecule has 0 saturated carbocycles. The number of anilines is 1. The van der Waals surface area contributed by atoms with E-state index in [1.807, 2.05) is 43.3 Å². The van der Waals surface area contributed by atoms with Crippen molar-refractivity contribution < 1.29 is 9.53 Å². The van der Waals surface area contributed by atoms with Crippen LogP contribution in [0.5, 0.6) is 5.75 Å². The molecule has 0 fully saturated rings. The van der Waals surface area contributed by atoms with Crippen LogP contribution in [0.1, 0.15) is 11.1 Å². The van der Waals surface area contributed by atoms with E-state index in [1.165, 1.54) is 27.7 Å². The molecule has 0 radical (unpaired) electrons. The average molecular weight is 422 g/mol. The lowest BCUT2D eigenvalue weighted by Crippen LogP contribution is -2.20. The van der Waals surface area contributed by atoms with Gasteiger partial charge in [0.2, 0.25) is 5.13 Å². The first-order valence-corrected chi connectivity index (χ1v) is 10.9. The molecule has 0 aliphatic carbocycles. The zero-order valence-corrected chi connectivity index (χ0v) is 17.4. The maximum absolute atomic E-state index is 12.1. The first-order valence-electron chi connectivity index (χ1n) is 9.10. The van der Waals surface area contributed by atoms with E-state index in [0.717, 1.165) is 15.7 Å². The number of nitrogens with one attached hydrogen (secondary N) is 1. The summed E-state index contributed by atoms with van der Waals surface area (Å²) in [6, 6.07) is 22.2. The fourth-order valence-corrected chi connectivity index (χ4v) is 4.67. The minimum absolute atomic E-state index is 0.0666. The van der Waals surface area contributed by atoms with Gasteiger partial charge in [0.1, 0.15) is 5.75 Å². The molecule has 1 N–H and O–H groups in total. The molecule has 4 aromatic rings. The minimum Gasteiger partial charge on any atom is -0.483 e. The number of carbonyl (C=O) groups is 1. The Bertz CT molecular complexity index is 1140. The van der Waals surface area contributed by atoms with Crippen molar-refractivity contribution in [1.29, 1.82) is 0 Å². The number of rotatable bonds is 7. The van der Waals surface area contributed by atoms with Crippen molar-refractivity contribution in [2.75, 3.05) is 11.9 Å². The number of amides is 1. The fourth-order valence-electron chi connectivity index (χ4n) is 2.89. The molecule has 4 rings (SSSR count). The van der Waals surface area contributed by atoms with Gasteiger partial charge in [-0.1, -0.05) is 83.8 Å². The molecule has 0 aliphatic heterocycles. The van der Waals surface area contributed by atoms with Gasteiger partial charge in [0.25, 0.3) is 5.91 Å². The Hall–Kier alpha value is -2.90. The number of hydrogen-bond acceptors (Lipinski definition) is 6. The van der Waals surface area contributed by atoms with Crippen LogP contribution in [0.15, 0.2) is 71.1 Å². The highest BCUT2D eigenvalue weighted by molar-refractivity contribution is 8.00. The number of thioether (sulfide) groups is 1. The van der Waals surface area contributed by atoms with E-state index in [0.29, 0.717) is 10.9 Å². The number of benzene rings is 3. The van der Waals surface area contributed by atoms with Crippen LogP contribution in [-0.2, 0) is 10.5 Å². The third-order valence-corrected chi connectivity index (χ3v) is 6.36. The summed E-state index contributed by atoms with van der Waals surface area (Å²) in [5, 5.41) is 13.9. The molecule has 1 aromatic heterocycles. The van der Waals surface area contributed by atoms with Crippen LogP contribution in [0.4, 0.5) is 5.13 Å². The summed E-state index contributed by atoms with van der Waals surface area (Å²) in [7, 11) is 0. The SMILES string of the molecule is Cc1ccccc1OCC(=O)Nc1nnc(SCc2cccc3ccccc23)s1. The molecule has 0 unspecified atom stereocenters. The summed E-state index contributed by atoms with van der Waals surface area (Å²) in [5.74, 6) is 1.24. The van der Waals surface area contributed by atoms with Gasteiger partial charge in [0.15, 0.2) is 10.9 Å². The van der Waals surface area contributed by atoms with E-state index in [9.17, 15) is 4.79 Å². The van der Waals surface area contributed by atoms with Crippen LogP contribution in [0.2, 0.25) is 0 Å². The molecule has 0 atom stereocenters. The third kappa shape index (κ3) is 4.93. The van der Waals surface area contributed by atoms with Gasteiger partial charge >= 0.3 is 0 Å². The highest BCUT2D eigenvalue weighted by Crippen LogP contribution is 2.30. The molecular weight excluding hydrogens is 402 g/mol. The first-order chi connectivity index (χ1) is 14.2. The highest BCUT2D eigenvalue weighted by atomic mass is 32.2. The highest BCUT2D eigenvalue weighted by Gasteiger charge is 2.11. The number of aryl methyl sites for hydroxylation is 1. The normalized spacial score (nSPS) is 10.8. The van der Waals surface area contributed by atoms with Crippen LogP contribution in [-0.4, -0.2) is 22.7 Å². The van der Waals surface area contributed by atoms with E-state index >= 15 is 0 Å². The molecular formula is C22H19N3O2S2. The summed E-state index contributed by atoms with van der Waals surface area (Å²) in [6.07, 6.45) is 0. The van der Waals surface area contributed by atoms with Gasteiger partial charge in [-0.2, -0.15) is 0 Å². The number of para-hydroxylation sites is 1. The Labute approximate surface area is 177 Å². The van der Waals surface area contributed by atoms with Gasteiger partial charge in [0.05, 0.1) is 0 Å². The summed E-state index contributed by atoms with van der Waals surface area (Å²) in [4.78, 5) is 12.1. The van der Waals surface area contributed by atoms with Gasteiger partial charge in [-0.3, -0.25) is 10.1 Å². The number of fused-ring (bicyclic) bond motifs is 1. The number of aromatic nitrogens is 2. The molecule has 29 heavy (non-hydrogen) atoms. The molecule has 5 nitrogen and oxygen atoms in total. The fraction of sp³-hybridized carbons (Fsp3) is 0.136. The lowest BCUT2D eigenvalue weighted by atomic mass is 10.1. The number of hydrogen-bond donors (Lipinski definition) is 1. The Kier molecular flexibility index (Phi) is 6.07. The Morgan fingerprint density at radius 3 is 2.72 bits per heavy atom. The quantitative estimate of drug-likeness (QED) is 0.324. The van der Waals surface area contributed by atoms with Crippen LogP contribution < -0.4 is 10.1 Å². The third-order valence-electron chi connectivity index (χ3n) is 4.34. The molecule has 3 aromatic carbocycles. The van der Waals surface area contributed by atoms with Crippen molar-refractivity contribution in [3.05, 3.63) is 77.9 Å². The van der Waals surface area contributed by atoms with E-state index in [1.54, 1.807) is 11.8 Å². The van der Waals surface area contributed by atoms with Crippen molar-refractivity contribution in [3.8, 4) is 5.75 Å². The van der Waals surface area contributed by atoms with Gasteiger partial charge in [-0.25, -0.2) is 0 Å². The second kappa shape index (κ2) is 9.07. The largest absolute Gasteiger partial charge is 0.483 e. The molecule has 1 amide bonds. The monoisotopic (exact) mass is 421 g/mol. The topological polar surface area (TPSA) is 64.1 Å². The van der Waals surface area contributed by atoms with Crippen LogP contribution in [0.3, 0.4) is 0 Å². The Morgan fingerprint density at radius 1 is 1.03 bits per heavy atom. The zero-order chi connectivity index (χ0) is 20.1. The van der Waals surface area contributed by atoms with Gasteiger partial charge in [-0.15, -0.1) is 10.2 Å². The maximum Gasteiger partial charge on any atom is 0.264 e. The summed E-state index contributed by atoms with van der Waals surface area (Å²) in [6.45, 7) is 1.88. The second-order valence-corrected chi connectivity index (χ2v) is 8.60. The predicted molar refractivity (Wildman–Crippen MR) is 119 cm³/mol. The Balaban J connectivity index is 1.32. The van der Waals surface area contributed by atoms with E-state index < -0.39 is 0 Å². The number of carbonyl (C=O) groups excluding carboxylic acids is 1. The maximum atomic E-state index is 12.1. The molecule has 7 heteroatoms. The molecule has 0 bridgehead atoms.